The number of aromatic nitrogens is 4. The van der Waals surface area contributed by atoms with Crippen LogP contribution in [0.4, 0.5) is 4.79 Å². The van der Waals surface area contributed by atoms with Crippen LogP contribution >= 0.6 is 0 Å². The van der Waals surface area contributed by atoms with Gasteiger partial charge in [0, 0.05) is 38.2 Å². The third kappa shape index (κ3) is 6.54. The van der Waals surface area contributed by atoms with Crippen molar-refractivity contribution in [3.8, 4) is 0 Å². The van der Waals surface area contributed by atoms with Crippen molar-refractivity contribution in [3.63, 3.8) is 0 Å². The minimum absolute atomic E-state index is 0.0190. The molecule has 32 heavy (non-hydrogen) atoms. The van der Waals surface area contributed by atoms with Crippen LogP contribution < -0.4 is 5.32 Å². The molecule has 2 amide bonds. The van der Waals surface area contributed by atoms with Gasteiger partial charge in [-0.15, -0.1) is 0 Å². The summed E-state index contributed by atoms with van der Waals surface area (Å²) in [6.07, 6.45) is 6.06. The lowest BCUT2D eigenvalue weighted by Crippen LogP contribution is -2.43. The van der Waals surface area contributed by atoms with Crippen LogP contribution in [0.25, 0.3) is 0 Å². The van der Waals surface area contributed by atoms with Gasteiger partial charge < -0.3 is 19.5 Å². The molecular weight excluding hydrogens is 412 g/mol. The highest BCUT2D eigenvalue weighted by Gasteiger charge is 2.29. The van der Waals surface area contributed by atoms with Gasteiger partial charge in [0.05, 0.1) is 17.8 Å². The van der Waals surface area contributed by atoms with Gasteiger partial charge in [0.15, 0.2) is 5.82 Å². The van der Waals surface area contributed by atoms with Crippen LogP contribution in [0.3, 0.4) is 0 Å². The van der Waals surface area contributed by atoms with E-state index in [4.69, 9.17) is 9.26 Å². The van der Waals surface area contributed by atoms with Crippen molar-refractivity contribution in [1.29, 1.82) is 0 Å². The fourth-order valence-corrected chi connectivity index (χ4v) is 3.47. The van der Waals surface area contributed by atoms with Crippen LogP contribution in [0.15, 0.2) is 16.9 Å². The Morgan fingerprint density at radius 3 is 2.81 bits per heavy atom. The molecule has 3 heterocycles. The van der Waals surface area contributed by atoms with Gasteiger partial charge in [-0.2, -0.15) is 10.1 Å². The second kappa shape index (κ2) is 10.1. The first kappa shape index (κ1) is 23.7. The Morgan fingerprint density at radius 2 is 2.12 bits per heavy atom. The monoisotopic (exact) mass is 446 g/mol. The molecule has 0 unspecified atom stereocenters. The summed E-state index contributed by atoms with van der Waals surface area (Å²) in [6, 6.07) is 0.0190. The second-order valence-corrected chi connectivity index (χ2v) is 9.49. The molecule has 3 rings (SSSR count). The van der Waals surface area contributed by atoms with E-state index in [1.54, 1.807) is 22.0 Å². The van der Waals surface area contributed by atoms with E-state index in [0.29, 0.717) is 49.8 Å². The normalized spacial score (nSPS) is 16.9. The van der Waals surface area contributed by atoms with Gasteiger partial charge >= 0.3 is 6.09 Å². The molecule has 0 saturated carbocycles. The number of hydrogen-bond acceptors (Lipinski definition) is 7. The molecule has 0 bridgehead atoms. The van der Waals surface area contributed by atoms with E-state index in [1.807, 2.05) is 34.6 Å². The highest BCUT2D eigenvalue weighted by atomic mass is 16.6. The van der Waals surface area contributed by atoms with E-state index in [0.717, 1.165) is 12.8 Å². The maximum absolute atomic E-state index is 12.5. The molecule has 1 saturated heterocycles. The predicted octanol–water partition coefficient (Wildman–Crippen LogP) is 3.32. The third-order valence-electron chi connectivity index (χ3n) is 5.14. The SMILES string of the molecule is CC(C)c1noc(CCCNC(=O)c2cnn([C@H]3CCCN(C(=O)OC(C)(C)C)C3)c2)n1. The van der Waals surface area contributed by atoms with Crippen LogP contribution in [-0.2, 0) is 11.2 Å². The van der Waals surface area contributed by atoms with E-state index in [1.165, 1.54) is 0 Å². The number of nitrogens with zero attached hydrogens (tertiary/aromatic N) is 5. The molecule has 0 radical (unpaired) electrons. The average Bonchev–Trinajstić information content (AvgIpc) is 3.40. The summed E-state index contributed by atoms with van der Waals surface area (Å²) in [7, 11) is 0. The molecule has 10 heteroatoms. The Bertz CT molecular complexity index is 914. The average molecular weight is 447 g/mol. The van der Waals surface area contributed by atoms with Gasteiger partial charge in [0.2, 0.25) is 5.89 Å². The lowest BCUT2D eigenvalue weighted by molar-refractivity contribution is 0.0167. The molecule has 2 aromatic heterocycles. The first-order chi connectivity index (χ1) is 15.1. The summed E-state index contributed by atoms with van der Waals surface area (Å²) in [4.78, 5) is 30.9. The number of nitrogens with one attached hydrogen (secondary N) is 1. The first-order valence-corrected chi connectivity index (χ1v) is 11.2. The maximum Gasteiger partial charge on any atom is 0.410 e. The van der Waals surface area contributed by atoms with Crippen molar-refractivity contribution in [1.82, 2.24) is 30.1 Å². The molecule has 1 aliphatic rings. The predicted molar refractivity (Wildman–Crippen MR) is 117 cm³/mol. The third-order valence-corrected chi connectivity index (χ3v) is 5.14. The summed E-state index contributed by atoms with van der Waals surface area (Å²) in [5.41, 5.74) is -0.0272. The maximum atomic E-state index is 12.5. The molecule has 0 aliphatic carbocycles. The standard InChI is InChI=1S/C22H34N6O4/c1-15(2)19-25-18(32-26-19)9-6-10-23-20(29)16-12-24-28(13-16)17-8-7-11-27(14-17)21(30)31-22(3,4)5/h12-13,15,17H,6-11,14H2,1-5H3,(H,23,29)/t17-/m0/s1. The van der Waals surface area contributed by atoms with Crippen molar-refractivity contribution >= 4 is 12.0 Å². The summed E-state index contributed by atoms with van der Waals surface area (Å²) < 4.78 is 12.5. The minimum atomic E-state index is -0.527. The lowest BCUT2D eigenvalue weighted by atomic mass is 10.1. The Labute approximate surface area is 188 Å². The zero-order valence-corrected chi connectivity index (χ0v) is 19.6. The highest BCUT2D eigenvalue weighted by Crippen LogP contribution is 2.23. The summed E-state index contributed by atoms with van der Waals surface area (Å²) >= 11 is 0. The van der Waals surface area contributed by atoms with Gasteiger partial charge in [-0.1, -0.05) is 19.0 Å². The van der Waals surface area contributed by atoms with Crippen LogP contribution in [0.2, 0.25) is 0 Å². The van der Waals surface area contributed by atoms with Crippen LogP contribution in [0.5, 0.6) is 0 Å². The zero-order valence-electron chi connectivity index (χ0n) is 19.6. The van der Waals surface area contributed by atoms with Crippen molar-refractivity contribution in [3.05, 3.63) is 29.7 Å². The number of likely N-dealkylation sites (tertiary alicyclic amines) is 1. The summed E-state index contributed by atoms with van der Waals surface area (Å²) in [5.74, 6) is 1.33. The first-order valence-electron chi connectivity index (χ1n) is 11.2. The van der Waals surface area contributed by atoms with Crippen molar-refractivity contribution in [2.24, 2.45) is 0 Å². The number of hydrogen-bond donors (Lipinski definition) is 1. The lowest BCUT2D eigenvalue weighted by Gasteiger charge is -2.34. The van der Waals surface area contributed by atoms with Crippen LogP contribution in [0.1, 0.15) is 87.9 Å². The molecular formula is C22H34N6O4. The zero-order chi connectivity index (χ0) is 23.3. The molecule has 0 spiro atoms. The van der Waals surface area contributed by atoms with E-state index in [2.05, 4.69) is 20.6 Å². The number of rotatable bonds is 7. The van der Waals surface area contributed by atoms with E-state index < -0.39 is 5.60 Å². The topological polar surface area (TPSA) is 115 Å². The van der Waals surface area contributed by atoms with Crippen molar-refractivity contribution < 1.29 is 18.8 Å². The fraction of sp³-hybridized carbons (Fsp3) is 0.682. The Morgan fingerprint density at radius 1 is 1.34 bits per heavy atom. The number of ether oxygens (including phenoxy) is 1. The van der Waals surface area contributed by atoms with Crippen molar-refractivity contribution in [2.75, 3.05) is 19.6 Å². The molecule has 1 atom stereocenters. The van der Waals surface area contributed by atoms with Gasteiger partial charge in [0.25, 0.3) is 5.91 Å². The van der Waals surface area contributed by atoms with Crippen LogP contribution in [0, 0.1) is 0 Å². The van der Waals surface area contributed by atoms with Gasteiger partial charge in [0.1, 0.15) is 5.60 Å². The molecule has 10 nitrogen and oxygen atoms in total. The molecule has 1 fully saturated rings. The molecule has 176 valence electrons. The smallest absolute Gasteiger partial charge is 0.410 e. The highest BCUT2D eigenvalue weighted by molar-refractivity contribution is 5.93. The van der Waals surface area contributed by atoms with Gasteiger partial charge in [-0.25, -0.2) is 4.79 Å². The number of carbonyl (C=O) groups excluding carboxylic acids is 2. The molecule has 1 N–H and O–H groups in total. The van der Waals surface area contributed by atoms with E-state index in [-0.39, 0.29) is 24.0 Å². The van der Waals surface area contributed by atoms with Gasteiger partial charge in [-0.3, -0.25) is 9.48 Å². The number of carbonyl (C=O) groups is 2. The number of piperidine rings is 1. The van der Waals surface area contributed by atoms with E-state index >= 15 is 0 Å². The quantitative estimate of drug-likeness (QED) is 0.649. The van der Waals surface area contributed by atoms with E-state index in [9.17, 15) is 9.59 Å². The van der Waals surface area contributed by atoms with Gasteiger partial charge in [-0.05, 0) is 40.0 Å². The molecule has 2 aromatic rings. The fourth-order valence-electron chi connectivity index (χ4n) is 3.47. The summed E-state index contributed by atoms with van der Waals surface area (Å²) in [6.45, 7) is 11.3. The van der Waals surface area contributed by atoms with Crippen LogP contribution in [-0.4, -0.2) is 62.1 Å². The molecule has 0 aromatic carbocycles. The Balaban J connectivity index is 1.46. The second-order valence-electron chi connectivity index (χ2n) is 9.49. The summed E-state index contributed by atoms with van der Waals surface area (Å²) in [5, 5.41) is 11.2. The minimum Gasteiger partial charge on any atom is -0.444 e. The Hall–Kier alpha value is -2.91. The largest absolute Gasteiger partial charge is 0.444 e. The number of aryl methyl sites for hydroxylation is 1. The molecule has 1 aliphatic heterocycles. The number of amides is 2. The Kier molecular flexibility index (Phi) is 7.52. The van der Waals surface area contributed by atoms with Crippen molar-refractivity contribution in [2.45, 2.75) is 77.9 Å².